The van der Waals surface area contributed by atoms with Crippen molar-refractivity contribution in [1.29, 1.82) is 0 Å². The molecule has 37 heavy (non-hydrogen) atoms. The topological polar surface area (TPSA) is 76.9 Å². The molecule has 0 spiro atoms. The van der Waals surface area contributed by atoms with Gasteiger partial charge in [-0.2, -0.15) is 0 Å². The Morgan fingerprint density at radius 3 is 2.59 bits per heavy atom. The Morgan fingerprint density at radius 2 is 1.78 bits per heavy atom. The fourth-order valence-corrected chi connectivity index (χ4v) is 5.29. The first-order chi connectivity index (χ1) is 18.0. The Kier molecular flexibility index (Phi) is 5.79. The Labute approximate surface area is 215 Å². The highest BCUT2D eigenvalue weighted by molar-refractivity contribution is 5.97. The summed E-state index contributed by atoms with van der Waals surface area (Å²) in [5.74, 6) is 1.91. The molecule has 188 valence electrons. The van der Waals surface area contributed by atoms with Crippen LogP contribution in [0.5, 0.6) is 11.5 Å². The number of amides is 2. The van der Waals surface area contributed by atoms with Crippen molar-refractivity contribution >= 4 is 34.2 Å². The minimum absolute atomic E-state index is 0.0114. The SMILES string of the molecule is CC(C)N(C(=O)Cn1c(C2CC(=O)N(c3ccc4c(c3)OCO4)C2)nc2ccccc21)c1ccccc1. The van der Waals surface area contributed by atoms with Gasteiger partial charge in [0.15, 0.2) is 11.5 Å². The molecule has 1 aromatic heterocycles. The summed E-state index contributed by atoms with van der Waals surface area (Å²) in [6, 6.07) is 23.1. The maximum atomic E-state index is 13.7. The summed E-state index contributed by atoms with van der Waals surface area (Å²) in [5.41, 5.74) is 3.33. The number of imidazole rings is 1. The van der Waals surface area contributed by atoms with Gasteiger partial charge in [-0.05, 0) is 50.2 Å². The van der Waals surface area contributed by atoms with E-state index in [2.05, 4.69) is 0 Å². The van der Waals surface area contributed by atoms with Crippen LogP contribution in [0.25, 0.3) is 11.0 Å². The molecule has 0 aliphatic carbocycles. The van der Waals surface area contributed by atoms with Crippen molar-refractivity contribution in [2.75, 3.05) is 23.1 Å². The second-order valence-corrected chi connectivity index (χ2v) is 9.68. The summed E-state index contributed by atoms with van der Waals surface area (Å²) in [6.45, 7) is 4.82. The Bertz CT molecular complexity index is 1480. The van der Waals surface area contributed by atoms with Crippen molar-refractivity contribution in [3.05, 3.63) is 78.6 Å². The number of para-hydroxylation sites is 3. The number of fused-ring (bicyclic) bond motifs is 2. The molecule has 8 heteroatoms. The van der Waals surface area contributed by atoms with Crippen molar-refractivity contribution in [3.8, 4) is 11.5 Å². The molecule has 1 unspecified atom stereocenters. The van der Waals surface area contributed by atoms with Crippen molar-refractivity contribution in [2.24, 2.45) is 0 Å². The Morgan fingerprint density at radius 1 is 1.03 bits per heavy atom. The lowest BCUT2D eigenvalue weighted by atomic mass is 10.1. The molecule has 0 bridgehead atoms. The zero-order valence-corrected chi connectivity index (χ0v) is 20.8. The highest BCUT2D eigenvalue weighted by Gasteiger charge is 2.36. The van der Waals surface area contributed by atoms with E-state index in [1.165, 1.54) is 0 Å². The minimum atomic E-state index is -0.151. The van der Waals surface area contributed by atoms with Gasteiger partial charge in [0.1, 0.15) is 12.4 Å². The van der Waals surface area contributed by atoms with Gasteiger partial charge in [0, 0.05) is 42.4 Å². The van der Waals surface area contributed by atoms with E-state index in [4.69, 9.17) is 14.5 Å². The predicted molar refractivity (Wildman–Crippen MR) is 141 cm³/mol. The first kappa shape index (κ1) is 23.1. The summed E-state index contributed by atoms with van der Waals surface area (Å²) in [5, 5.41) is 0. The van der Waals surface area contributed by atoms with Crippen LogP contribution in [-0.2, 0) is 16.1 Å². The van der Waals surface area contributed by atoms with E-state index in [0.29, 0.717) is 24.5 Å². The van der Waals surface area contributed by atoms with E-state index in [1.807, 2.05) is 96.1 Å². The van der Waals surface area contributed by atoms with E-state index in [-0.39, 0.29) is 37.1 Å². The van der Waals surface area contributed by atoms with Gasteiger partial charge in [0.05, 0.1) is 11.0 Å². The summed E-state index contributed by atoms with van der Waals surface area (Å²) in [7, 11) is 0. The minimum Gasteiger partial charge on any atom is -0.454 e. The largest absolute Gasteiger partial charge is 0.454 e. The molecule has 4 aromatic rings. The van der Waals surface area contributed by atoms with Crippen LogP contribution in [-0.4, -0.2) is 40.7 Å². The fourth-order valence-electron chi connectivity index (χ4n) is 5.29. The van der Waals surface area contributed by atoms with Gasteiger partial charge >= 0.3 is 0 Å². The molecule has 3 aromatic carbocycles. The molecule has 3 heterocycles. The molecule has 1 atom stereocenters. The highest BCUT2D eigenvalue weighted by Crippen LogP contribution is 2.39. The van der Waals surface area contributed by atoms with Crippen LogP contribution in [0.15, 0.2) is 72.8 Å². The van der Waals surface area contributed by atoms with Crippen LogP contribution >= 0.6 is 0 Å². The Hall–Kier alpha value is -4.33. The van der Waals surface area contributed by atoms with E-state index in [9.17, 15) is 9.59 Å². The number of aromatic nitrogens is 2. The lowest BCUT2D eigenvalue weighted by Gasteiger charge is -2.27. The number of carbonyl (C=O) groups excluding carboxylic acids is 2. The number of hydrogen-bond donors (Lipinski definition) is 0. The first-order valence-electron chi connectivity index (χ1n) is 12.5. The van der Waals surface area contributed by atoms with E-state index < -0.39 is 0 Å². The highest BCUT2D eigenvalue weighted by atomic mass is 16.7. The van der Waals surface area contributed by atoms with Crippen LogP contribution in [0.4, 0.5) is 11.4 Å². The average molecular weight is 497 g/mol. The van der Waals surface area contributed by atoms with Gasteiger partial charge in [-0.15, -0.1) is 0 Å². The molecule has 0 N–H and O–H groups in total. The molecule has 2 aliphatic rings. The lowest BCUT2D eigenvalue weighted by Crippen LogP contribution is -2.39. The molecule has 8 nitrogen and oxygen atoms in total. The van der Waals surface area contributed by atoms with Crippen LogP contribution in [0.2, 0.25) is 0 Å². The third-order valence-corrected chi connectivity index (χ3v) is 6.95. The monoisotopic (exact) mass is 496 g/mol. The number of benzene rings is 3. The third-order valence-electron chi connectivity index (χ3n) is 6.95. The maximum Gasteiger partial charge on any atom is 0.247 e. The number of nitrogens with zero attached hydrogens (tertiary/aromatic N) is 4. The molecule has 2 amide bonds. The van der Waals surface area contributed by atoms with E-state index >= 15 is 0 Å². The van der Waals surface area contributed by atoms with Crippen molar-refractivity contribution in [3.63, 3.8) is 0 Å². The number of carbonyl (C=O) groups is 2. The Balaban J connectivity index is 1.33. The zero-order chi connectivity index (χ0) is 25.5. The van der Waals surface area contributed by atoms with Crippen molar-refractivity contribution in [2.45, 2.75) is 38.8 Å². The van der Waals surface area contributed by atoms with Crippen molar-refractivity contribution < 1.29 is 19.1 Å². The second kappa shape index (κ2) is 9.28. The van der Waals surface area contributed by atoms with Gasteiger partial charge in [-0.25, -0.2) is 4.98 Å². The maximum absolute atomic E-state index is 13.7. The van der Waals surface area contributed by atoms with Crippen LogP contribution in [0, 0.1) is 0 Å². The standard InChI is InChI=1S/C29H28N4O4/c1-19(2)33(21-8-4-3-5-9-21)28(35)17-32-24-11-7-6-10-23(24)30-29(32)20-14-27(34)31(16-20)22-12-13-25-26(15-22)37-18-36-25/h3-13,15,19-20H,14,16-18H2,1-2H3. The fraction of sp³-hybridized carbons (Fsp3) is 0.276. The zero-order valence-electron chi connectivity index (χ0n) is 20.8. The van der Waals surface area contributed by atoms with Gasteiger partial charge < -0.3 is 23.8 Å². The summed E-state index contributed by atoms with van der Waals surface area (Å²) in [4.78, 5) is 35.3. The summed E-state index contributed by atoms with van der Waals surface area (Å²) >= 11 is 0. The van der Waals surface area contributed by atoms with Gasteiger partial charge in [0.25, 0.3) is 0 Å². The molecule has 2 aliphatic heterocycles. The number of anilines is 2. The lowest BCUT2D eigenvalue weighted by molar-refractivity contribution is -0.119. The second-order valence-electron chi connectivity index (χ2n) is 9.68. The van der Waals surface area contributed by atoms with Crippen LogP contribution in [0.3, 0.4) is 0 Å². The van der Waals surface area contributed by atoms with Gasteiger partial charge in [-0.3, -0.25) is 9.59 Å². The first-order valence-corrected chi connectivity index (χ1v) is 12.5. The van der Waals surface area contributed by atoms with Crippen LogP contribution in [0.1, 0.15) is 32.0 Å². The van der Waals surface area contributed by atoms with E-state index in [0.717, 1.165) is 28.2 Å². The van der Waals surface area contributed by atoms with Gasteiger partial charge in [-0.1, -0.05) is 30.3 Å². The number of ether oxygens (including phenoxy) is 2. The molecule has 1 fully saturated rings. The normalized spacial score (nSPS) is 16.7. The third kappa shape index (κ3) is 4.18. The molecular weight excluding hydrogens is 468 g/mol. The number of hydrogen-bond acceptors (Lipinski definition) is 5. The van der Waals surface area contributed by atoms with Crippen molar-refractivity contribution in [1.82, 2.24) is 9.55 Å². The molecule has 6 rings (SSSR count). The summed E-state index contributed by atoms with van der Waals surface area (Å²) in [6.07, 6.45) is 0.318. The molecule has 0 radical (unpaired) electrons. The molecule has 0 saturated carbocycles. The number of rotatable bonds is 6. The van der Waals surface area contributed by atoms with Crippen LogP contribution < -0.4 is 19.3 Å². The van der Waals surface area contributed by atoms with Gasteiger partial charge in [0.2, 0.25) is 18.6 Å². The smallest absolute Gasteiger partial charge is 0.247 e. The molecule has 1 saturated heterocycles. The van der Waals surface area contributed by atoms with E-state index in [1.54, 1.807) is 4.90 Å². The summed E-state index contributed by atoms with van der Waals surface area (Å²) < 4.78 is 12.9. The average Bonchev–Trinajstić information content (AvgIpc) is 3.61. The predicted octanol–water partition coefficient (Wildman–Crippen LogP) is 4.73. The molecular formula is C29H28N4O4. The quantitative estimate of drug-likeness (QED) is 0.386.